The van der Waals surface area contributed by atoms with E-state index in [0.717, 1.165) is 11.0 Å². The maximum absolute atomic E-state index is 10.2. The first-order chi connectivity index (χ1) is 10.8. The molecule has 16 heteroatoms. The van der Waals surface area contributed by atoms with Crippen LogP contribution in [0.4, 0.5) is 5.82 Å². The average molecular weight is 411 g/mol. The molecule has 0 aliphatic heterocycles. The predicted molar refractivity (Wildman–Crippen MR) is 87.8 cm³/mol. The molecule has 14 nitrogen and oxygen atoms in total. The molecule has 0 saturated carbocycles. The summed E-state index contributed by atoms with van der Waals surface area (Å²) in [6.07, 6.45) is 1.36. The molecule has 0 fully saturated rings. The number of aromatic nitrogens is 2. The summed E-state index contributed by atoms with van der Waals surface area (Å²) < 4.78 is 18.6. The normalized spacial score (nSPS) is 11.0. The lowest BCUT2D eigenvalue weighted by molar-refractivity contribution is -0.870. The molecule has 1 aromatic heterocycles. The summed E-state index contributed by atoms with van der Waals surface area (Å²) in [5.74, 6) is 0.338. The number of aromatic amines is 1. The van der Waals surface area contributed by atoms with Crippen molar-refractivity contribution in [2.75, 3.05) is 40.0 Å². The lowest BCUT2D eigenvalue weighted by atomic mass is 10.5. The molecule has 1 heterocycles. The van der Waals surface area contributed by atoms with E-state index in [0.29, 0.717) is 5.82 Å². The highest BCUT2D eigenvalue weighted by atomic mass is 31.2. The van der Waals surface area contributed by atoms with Gasteiger partial charge in [-0.1, -0.05) is 0 Å². The van der Waals surface area contributed by atoms with Crippen molar-refractivity contribution in [3.8, 4) is 0 Å². The fourth-order valence-electron chi connectivity index (χ4n) is 0.683. The van der Waals surface area contributed by atoms with Gasteiger partial charge in [0.25, 0.3) is 0 Å². The largest absolute Gasteiger partial charge is 0.466 e. The van der Waals surface area contributed by atoms with Gasteiger partial charge in [0.15, 0.2) is 0 Å². The van der Waals surface area contributed by atoms with Crippen LogP contribution in [0.25, 0.3) is 0 Å². The summed E-state index contributed by atoms with van der Waals surface area (Å²) in [5.41, 5.74) is 4.75. The molecule has 0 radical (unpaired) electrons. The lowest BCUT2D eigenvalue weighted by Crippen LogP contribution is -2.36. The number of nitrogens with zero attached hydrogens (tertiary/aromatic N) is 2. The van der Waals surface area contributed by atoms with Crippen molar-refractivity contribution in [3.05, 3.63) is 22.7 Å². The highest BCUT2D eigenvalue weighted by Crippen LogP contribution is 2.26. The minimum absolute atomic E-state index is 0.281. The Bertz CT molecular complexity index is 568. The van der Waals surface area contributed by atoms with E-state index in [9.17, 15) is 4.79 Å². The number of aliphatic hydroxyl groups is 1. The van der Waals surface area contributed by atoms with Crippen molar-refractivity contribution in [2.45, 2.75) is 0 Å². The molecule has 0 aliphatic carbocycles. The number of nitrogen functional groups attached to an aromatic ring is 1. The fourth-order valence-corrected chi connectivity index (χ4v) is 0.683. The number of quaternary nitrogens is 1. The monoisotopic (exact) mass is 411 g/mol. The molecule has 0 aliphatic rings. The molecular formula is C9H25N4O10P2+. The van der Waals surface area contributed by atoms with Crippen LogP contribution in [0.2, 0.25) is 0 Å². The maximum Gasteiger partial charge on any atom is 0.466 e. The summed E-state index contributed by atoms with van der Waals surface area (Å²) in [6, 6.07) is 1.52. The fraction of sp³-hybridized carbons (Fsp3) is 0.556. The minimum Gasteiger partial charge on any atom is -0.391 e. The van der Waals surface area contributed by atoms with Crippen molar-refractivity contribution >= 4 is 21.5 Å². The maximum atomic E-state index is 10.2. The van der Waals surface area contributed by atoms with Gasteiger partial charge >= 0.3 is 21.3 Å². The molecule has 25 heavy (non-hydrogen) atoms. The number of likely N-dealkylation sites (N-methyl/N-ethyl adjacent to an activating group) is 1. The third-order valence-electron chi connectivity index (χ3n) is 1.47. The first-order valence-electron chi connectivity index (χ1n) is 6.14. The van der Waals surface area contributed by atoms with Crippen LogP contribution in [0.1, 0.15) is 0 Å². The Balaban J connectivity index is -0.000000265. The van der Waals surface area contributed by atoms with Gasteiger partial charge in [-0.3, -0.25) is 4.98 Å². The first kappa shape index (κ1) is 28.6. The SMILES string of the molecule is C[N+](C)(C)CCO.Nc1ccnc(=O)[nH]1.O=P(O)(O)O.O=P(O)(O)O. The number of hydrogen-bond donors (Lipinski definition) is 9. The number of nitrogens with two attached hydrogens (primary N) is 1. The van der Waals surface area contributed by atoms with E-state index in [1.54, 1.807) is 0 Å². The molecule has 0 amide bonds. The van der Waals surface area contributed by atoms with Crippen molar-refractivity contribution in [3.63, 3.8) is 0 Å². The summed E-state index contributed by atoms with van der Waals surface area (Å²) in [7, 11) is -3.12. The number of phosphoric acid groups is 2. The van der Waals surface area contributed by atoms with Crippen molar-refractivity contribution in [1.82, 2.24) is 9.97 Å². The van der Waals surface area contributed by atoms with E-state index in [1.807, 2.05) is 0 Å². The van der Waals surface area contributed by atoms with E-state index in [1.165, 1.54) is 12.3 Å². The van der Waals surface area contributed by atoms with Gasteiger partial charge < -0.3 is 44.7 Å². The van der Waals surface area contributed by atoms with Crippen LogP contribution in [0.3, 0.4) is 0 Å². The Kier molecular flexibility index (Phi) is 15.0. The molecule has 150 valence electrons. The first-order valence-corrected chi connectivity index (χ1v) is 9.27. The van der Waals surface area contributed by atoms with Crippen molar-refractivity contribution in [2.24, 2.45) is 0 Å². The van der Waals surface area contributed by atoms with Gasteiger partial charge in [-0.05, 0) is 6.07 Å². The third-order valence-corrected chi connectivity index (χ3v) is 1.47. The second-order valence-corrected chi connectivity index (χ2v) is 7.15. The third kappa shape index (κ3) is 60.2. The number of anilines is 1. The molecule has 1 aromatic rings. The smallest absolute Gasteiger partial charge is 0.391 e. The Morgan fingerprint density at radius 2 is 1.44 bits per heavy atom. The molecule has 1 rings (SSSR count). The Morgan fingerprint density at radius 3 is 1.56 bits per heavy atom. The van der Waals surface area contributed by atoms with Gasteiger partial charge in [0.2, 0.25) is 0 Å². The molecule has 0 spiro atoms. The topological polar surface area (TPSA) is 248 Å². The van der Waals surface area contributed by atoms with Gasteiger partial charge in [0.05, 0.1) is 27.7 Å². The molecular weight excluding hydrogens is 386 g/mol. The average Bonchev–Trinajstić information content (AvgIpc) is 2.22. The number of nitrogens with one attached hydrogen (secondary N) is 1. The zero-order valence-electron chi connectivity index (χ0n) is 13.8. The predicted octanol–water partition coefficient (Wildman–Crippen LogP) is -2.82. The Morgan fingerprint density at radius 1 is 1.08 bits per heavy atom. The van der Waals surface area contributed by atoms with Gasteiger partial charge in [-0.15, -0.1) is 0 Å². The molecule has 0 bridgehead atoms. The molecule has 0 saturated heterocycles. The van der Waals surface area contributed by atoms with Crippen LogP contribution < -0.4 is 11.4 Å². The second kappa shape index (κ2) is 13.1. The van der Waals surface area contributed by atoms with Crippen molar-refractivity contribution < 1.29 is 48.1 Å². The Hall–Kier alpha value is -1.18. The van der Waals surface area contributed by atoms with E-state index < -0.39 is 21.3 Å². The number of rotatable bonds is 2. The molecule has 10 N–H and O–H groups in total. The highest BCUT2D eigenvalue weighted by Gasteiger charge is 2.02. The summed E-state index contributed by atoms with van der Waals surface area (Å²) in [4.78, 5) is 59.0. The number of H-pyrrole nitrogens is 1. The van der Waals surface area contributed by atoms with Crippen LogP contribution in [0, 0.1) is 0 Å². The lowest BCUT2D eigenvalue weighted by Gasteiger charge is -2.21. The van der Waals surface area contributed by atoms with E-state index in [4.69, 9.17) is 49.3 Å². The van der Waals surface area contributed by atoms with E-state index >= 15 is 0 Å². The highest BCUT2D eigenvalue weighted by molar-refractivity contribution is 7.45. The van der Waals surface area contributed by atoms with Crippen LogP contribution in [-0.2, 0) is 9.13 Å². The number of hydrogen-bond acceptors (Lipinski definition) is 6. The Labute approximate surface area is 143 Å². The van der Waals surface area contributed by atoms with Crippen LogP contribution in [-0.4, -0.2) is 83.2 Å². The van der Waals surface area contributed by atoms with Gasteiger partial charge in [0.1, 0.15) is 12.4 Å². The van der Waals surface area contributed by atoms with Crippen LogP contribution in [0.15, 0.2) is 17.1 Å². The summed E-state index contributed by atoms with van der Waals surface area (Å²) in [6.45, 7) is 1.11. The second-order valence-electron chi connectivity index (χ2n) is 5.09. The quantitative estimate of drug-likeness (QED) is 0.177. The molecule has 0 unspecified atom stereocenters. The van der Waals surface area contributed by atoms with E-state index in [2.05, 4.69) is 31.1 Å². The minimum atomic E-state index is -4.64. The number of aliphatic hydroxyl groups excluding tert-OH is 1. The zero-order valence-corrected chi connectivity index (χ0v) is 15.6. The van der Waals surface area contributed by atoms with Gasteiger partial charge in [-0.25, -0.2) is 18.9 Å². The molecule has 0 aromatic carbocycles. The molecule has 0 atom stereocenters. The van der Waals surface area contributed by atoms with Crippen molar-refractivity contribution in [1.29, 1.82) is 0 Å². The van der Waals surface area contributed by atoms with E-state index in [-0.39, 0.29) is 6.61 Å². The zero-order chi connectivity index (χ0) is 20.9. The van der Waals surface area contributed by atoms with Gasteiger partial charge in [-0.2, -0.15) is 0 Å². The summed E-state index contributed by atoms with van der Waals surface area (Å²) in [5, 5.41) is 8.39. The van der Waals surface area contributed by atoms with Gasteiger partial charge in [0, 0.05) is 6.20 Å². The standard InChI is InChI=1S/C5H14NO.C4H5N3O.2H3O4P/c1-6(2,3)4-5-7;5-3-1-2-6-4(8)7-3;2*1-5(2,3)4/h7H,4-5H2,1-3H3;1-2H,(H3,5,6,7,8);2*(H3,1,2,3,4)/q+1;;;. The van der Waals surface area contributed by atoms with Crippen LogP contribution >= 0.6 is 15.6 Å². The van der Waals surface area contributed by atoms with Crippen LogP contribution in [0.5, 0.6) is 0 Å². The summed E-state index contributed by atoms with van der Waals surface area (Å²) >= 11 is 0.